The molecule has 1 aliphatic heterocycles. The van der Waals surface area contributed by atoms with Gasteiger partial charge in [0.25, 0.3) is 0 Å². The molecule has 0 atom stereocenters. The standard InChI is InChI=1S/C17H23N3O2/c1-3-9-18-17(21)14-19-10-12-20(13-11-19)15-7-5-6-8-16(15)22-4-2/h1,5-8H,4,9-14H2,2H3,(H,18,21). The van der Waals surface area contributed by atoms with Crippen LogP contribution in [0, 0.1) is 12.3 Å². The monoisotopic (exact) mass is 301 g/mol. The first-order valence-corrected chi connectivity index (χ1v) is 7.64. The number of hydrogen-bond acceptors (Lipinski definition) is 4. The summed E-state index contributed by atoms with van der Waals surface area (Å²) in [7, 11) is 0. The number of amides is 1. The van der Waals surface area contributed by atoms with Crippen LogP contribution in [0.3, 0.4) is 0 Å². The molecule has 1 aromatic rings. The molecule has 1 heterocycles. The van der Waals surface area contributed by atoms with E-state index in [0.717, 1.165) is 37.6 Å². The van der Waals surface area contributed by atoms with Crippen molar-refractivity contribution in [3.05, 3.63) is 24.3 Å². The van der Waals surface area contributed by atoms with Gasteiger partial charge >= 0.3 is 0 Å². The van der Waals surface area contributed by atoms with Gasteiger partial charge in [0.05, 0.1) is 25.4 Å². The van der Waals surface area contributed by atoms with Crippen LogP contribution in [0.25, 0.3) is 0 Å². The molecule has 0 radical (unpaired) electrons. The fourth-order valence-corrected chi connectivity index (χ4v) is 2.55. The molecule has 0 aromatic heterocycles. The number of benzene rings is 1. The Morgan fingerprint density at radius 3 is 2.73 bits per heavy atom. The van der Waals surface area contributed by atoms with E-state index in [1.54, 1.807) is 0 Å². The highest BCUT2D eigenvalue weighted by molar-refractivity contribution is 5.78. The third kappa shape index (κ3) is 4.40. The molecule has 5 heteroatoms. The number of nitrogens with one attached hydrogen (secondary N) is 1. The van der Waals surface area contributed by atoms with Gasteiger partial charge in [-0.1, -0.05) is 18.1 Å². The fourth-order valence-electron chi connectivity index (χ4n) is 2.55. The van der Waals surface area contributed by atoms with Crippen LogP contribution in [0.15, 0.2) is 24.3 Å². The molecule has 22 heavy (non-hydrogen) atoms. The van der Waals surface area contributed by atoms with Gasteiger partial charge in [0.15, 0.2) is 0 Å². The van der Waals surface area contributed by atoms with E-state index < -0.39 is 0 Å². The number of para-hydroxylation sites is 2. The van der Waals surface area contributed by atoms with Crippen molar-refractivity contribution in [1.82, 2.24) is 10.2 Å². The lowest BCUT2D eigenvalue weighted by molar-refractivity contribution is -0.122. The smallest absolute Gasteiger partial charge is 0.234 e. The zero-order valence-corrected chi connectivity index (χ0v) is 13.0. The average Bonchev–Trinajstić information content (AvgIpc) is 2.55. The molecule has 1 aliphatic rings. The Labute approximate surface area is 132 Å². The van der Waals surface area contributed by atoms with E-state index in [9.17, 15) is 4.79 Å². The van der Waals surface area contributed by atoms with Gasteiger partial charge in [-0.25, -0.2) is 0 Å². The lowest BCUT2D eigenvalue weighted by Crippen LogP contribution is -2.49. The van der Waals surface area contributed by atoms with Gasteiger partial charge in [-0.05, 0) is 19.1 Å². The zero-order valence-electron chi connectivity index (χ0n) is 13.0. The summed E-state index contributed by atoms with van der Waals surface area (Å²) in [5, 5.41) is 2.70. The highest BCUT2D eigenvalue weighted by Crippen LogP contribution is 2.28. The fraction of sp³-hybridized carbons (Fsp3) is 0.471. The first-order valence-electron chi connectivity index (χ1n) is 7.64. The average molecular weight is 301 g/mol. The van der Waals surface area contributed by atoms with E-state index in [1.807, 2.05) is 25.1 Å². The maximum absolute atomic E-state index is 11.7. The van der Waals surface area contributed by atoms with E-state index in [4.69, 9.17) is 11.2 Å². The molecule has 2 rings (SSSR count). The topological polar surface area (TPSA) is 44.8 Å². The molecule has 0 bridgehead atoms. The van der Waals surface area contributed by atoms with Crippen molar-refractivity contribution < 1.29 is 9.53 Å². The van der Waals surface area contributed by atoms with Crippen LogP contribution >= 0.6 is 0 Å². The van der Waals surface area contributed by atoms with Crippen molar-refractivity contribution in [2.75, 3.05) is 50.8 Å². The van der Waals surface area contributed by atoms with E-state index in [0.29, 0.717) is 19.7 Å². The number of terminal acetylenes is 1. The summed E-state index contributed by atoms with van der Waals surface area (Å²) in [4.78, 5) is 16.1. The summed E-state index contributed by atoms with van der Waals surface area (Å²) in [6, 6.07) is 8.09. The van der Waals surface area contributed by atoms with E-state index >= 15 is 0 Å². The van der Waals surface area contributed by atoms with Gasteiger partial charge in [0.1, 0.15) is 5.75 Å². The predicted molar refractivity (Wildman–Crippen MR) is 88.1 cm³/mol. The summed E-state index contributed by atoms with van der Waals surface area (Å²) < 4.78 is 5.69. The van der Waals surface area contributed by atoms with Crippen molar-refractivity contribution in [3.63, 3.8) is 0 Å². The van der Waals surface area contributed by atoms with Crippen molar-refractivity contribution in [2.45, 2.75) is 6.92 Å². The Kier molecular flexibility index (Phi) is 6.11. The van der Waals surface area contributed by atoms with Crippen molar-refractivity contribution >= 4 is 11.6 Å². The highest BCUT2D eigenvalue weighted by Gasteiger charge is 2.20. The maximum Gasteiger partial charge on any atom is 0.234 e. The summed E-state index contributed by atoms with van der Waals surface area (Å²) in [6.07, 6.45) is 5.13. The Bertz CT molecular complexity index is 531. The molecule has 1 N–H and O–H groups in total. The Balaban J connectivity index is 1.87. The first-order chi connectivity index (χ1) is 10.7. The lowest BCUT2D eigenvalue weighted by Gasteiger charge is -2.36. The van der Waals surface area contributed by atoms with E-state index in [2.05, 4.69) is 27.1 Å². The molecule has 118 valence electrons. The van der Waals surface area contributed by atoms with Crippen LogP contribution in [0.4, 0.5) is 5.69 Å². The van der Waals surface area contributed by atoms with E-state index in [-0.39, 0.29) is 5.91 Å². The minimum Gasteiger partial charge on any atom is -0.492 e. The lowest BCUT2D eigenvalue weighted by atomic mass is 10.2. The van der Waals surface area contributed by atoms with Gasteiger partial charge in [-0.2, -0.15) is 0 Å². The molecule has 1 amide bonds. The van der Waals surface area contributed by atoms with Gasteiger partial charge in [-0.15, -0.1) is 6.42 Å². The maximum atomic E-state index is 11.7. The molecular weight excluding hydrogens is 278 g/mol. The quantitative estimate of drug-likeness (QED) is 0.795. The SMILES string of the molecule is C#CCNC(=O)CN1CCN(c2ccccc2OCC)CC1. The first kappa shape index (κ1) is 16.2. The Hall–Kier alpha value is -2.19. The number of nitrogens with zero attached hydrogens (tertiary/aromatic N) is 2. The number of anilines is 1. The molecule has 0 saturated carbocycles. The summed E-state index contributed by atoms with van der Waals surface area (Å²) in [5.41, 5.74) is 1.13. The van der Waals surface area contributed by atoms with Crippen molar-refractivity contribution in [3.8, 4) is 18.1 Å². The third-order valence-corrected chi connectivity index (χ3v) is 3.63. The van der Waals surface area contributed by atoms with Crippen molar-refractivity contribution in [2.24, 2.45) is 0 Å². The number of piperazine rings is 1. The molecule has 5 nitrogen and oxygen atoms in total. The van der Waals surface area contributed by atoms with Crippen LogP contribution in [0.2, 0.25) is 0 Å². The molecule has 1 aromatic carbocycles. The molecule has 1 fully saturated rings. The van der Waals surface area contributed by atoms with Gasteiger partial charge in [-0.3, -0.25) is 9.69 Å². The van der Waals surface area contributed by atoms with Crippen LogP contribution in [-0.2, 0) is 4.79 Å². The predicted octanol–water partition coefficient (Wildman–Crippen LogP) is 0.957. The minimum absolute atomic E-state index is 0.0129. The second-order valence-corrected chi connectivity index (χ2v) is 5.14. The largest absolute Gasteiger partial charge is 0.492 e. The van der Waals surface area contributed by atoms with Crippen LogP contribution < -0.4 is 15.0 Å². The van der Waals surface area contributed by atoms with Gasteiger partial charge in [0.2, 0.25) is 5.91 Å². The minimum atomic E-state index is -0.0129. The van der Waals surface area contributed by atoms with Crippen LogP contribution in [-0.4, -0.2) is 56.7 Å². The highest BCUT2D eigenvalue weighted by atomic mass is 16.5. The molecule has 1 saturated heterocycles. The number of carbonyl (C=O) groups is 1. The molecular formula is C17H23N3O2. The van der Waals surface area contributed by atoms with Crippen molar-refractivity contribution in [1.29, 1.82) is 0 Å². The number of hydrogen-bond donors (Lipinski definition) is 1. The molecule has 0 unspecified atom stereocenters. The van der Waals surface area contributed by atoms with Crippen LogP contribution in [0.1, 0.15) is 6.92 Å². The summed E-state index contributed by atoms with van der Waals surface area (Å²) in [5.74, 6) is 3.32. The number of ether oxygens (including phenoxy) is 1. The van der Waals surface area contributed by atoms with Gasteiger partial charge < -0.3 is 15.0 Å². The Morgan fingerprint density at radius 2 is 2.05 bits per heavy atom. The molecule has 0 aliphatic carbocycles. The second-order valence-electron chi connectivity index (χ2n) is 5.14. The Morgan fingerprint density at radius 1 is 1.32 bits per heavy atom. The third-order valence-electron chi connectivity index (χ3n) is 3.63. The number of carbonyl (C=O) groups excluding carboxylic acids is 1. The molecule has 0 spiro atoms. The summed E-state index contributed by atoms with van der Waals surface area (Å²) in [6.45, 7) is 6.81. The van der Waals surface area contributed by atoms with Crippen LogP contribution in [0.5, 0.6) is 5.75 Å². The van der Waals surface area contributed by atoms with E-state index in [1.165, 1.54) is 0 Å². The number of rotatable bonds is 6. The van der Waals surface area contributed by atoms with Gasteiger partial charge in [0, 0.05) is 26.2 Å². The normalized spacial score (nSPS) is 15.2. The summed E-state index contributed by atoms with van der Waals surface area (Å²) >= 11 is 0. The zero-order chi connectivity index (χ0) is 15.8. The second kappa shape index (κ2) is 8.30.